The van der Waals surface area contributed by atoms with Crippen LogP contribution in [-0.4, -0.2) is 27.7 Å². The summed E-state index contributed by atoms with van der Waals surface area (Å²) >= 11 is 0. The lowest BCUT2D eigenvalue weighted by Gasteiger charge is -2.24. The molecule has 1 aliphatic rings. The van der Waals surface area contributed by atoms with Crippen LogP contribution >= 0.6 is 0 Å². The van der Waals surface area contributed by atoms with Gasteiger partial charge in [0.25, 0.3) is 0 Å². The highest BCUT2D eigenvalue weighted by Gasteiger charge is 2.22. The minimum atomic E-state index is 0.346. The molecular weight excluding hydrogens is 226 g/mol. The molecule has 1 fully saturated rings. The van der Waals surface area contributed by atoms with E-state index in [0.29, 0.717) is 11.5 Å². The highest BCUT2D eigenvalue weighted by atomic mass is 15.3. The molecule has 0 aliphatic carbocycles. The molecule has 1 atom stereocenters. The average Bonchev–Trinajstić information content (AvgIpc) is 2.78. The van der Waals surface area contributed by atoms with Crippen LogP contribution in [0.2, 0.25) is 0 Å². The summed E-state index contributed by atoms with van der Waals surface area (Å²) in [4.78, 5) is 4.29. The van der Waals surface area contributed by atoms with Gasteiger partial charge in [-0.25, -0.2) is 9.50 Å². The van der Waals surface area contributed by atoms with Crippen molar-refractivity contribution in [3.63, 3.8) is 0 Å². The van der Waals surface area contributed by atoms with Gasteiger partial charge in [-0.05, 0) is 26.3 Å². The Morgan fingerprint density at radius 1 is 1.56 bits per heavy atom. The van der Waals surface area contributed by atoms with Crippen molar-refractivity contribution in [2.24, 2.45) is 0 Å². The molecule has 5 heteroatoms. The number of nitriles is 1. The van der Waals surface area contributed by atoms with Gasteiger partial charge in [0.2, 0.25) is 0 Å². The molecule has 1 saturated heterocycles. The van der Waals surface area contributed by atoms with Crippen molar-refractivity contribution in [1.29, 1.82) is 5.26 Å². The van der Waals surface area contributed by atoms with Gasteiger partial charge in [-0.2, -0.15) is 10.4 Å². The SMILES string of the molecule is Cc1cc2ncc(C#N)c(C3CCCNC3)n2n1. The van der Waals surface area contributed by atoms with E-state index >= 15 is 0 Å². The zero-order valence-corrected chi connectivity index (χ0v) is 10.3. The lowest BCUT2D eigenvalue weighted by Crippen LogP contribution is -2.30. The van der Waals surface area contributed by atoms with Gasteiger partial charge >= 0.3 is 0 Å². The van der Waals surface area contributed by atoms with E-state index in [9.17, 15) is 5.26 Å². The van der Waals surface area contributed by atoms with E-state index in [2.05, 4.69) is 21.5 Å². The van der Waals surface area contributed by atoms with Crippen LogP contribution in [0.3, 0.4) is 0 Å². The van der Waals surface area contributed by atoms with Gasteiger partial charge in [0.15, 0.2) is 5.65 Å². The maximum atomic E-state index is 9.26. The first kappa shape index (κ1) is 11.2. The van der Waals surface area contributed by atoms with Crippen LogP contribution in [0.4, 0.5) is 0 Å². The first-order chi connectivity index (χ1) is 8.79. The van der Waals surface area contributed by atoms with Gasteiger partial charge in [-0.15, -0.1) is 0 Å². The fourth-order valence-electron chi connectivity index (χ4n) is 2.63. The molecule has 1 N–H and O–H groups in total. The van der Waals surface area contributed by atoms with E-state index in [1.165, 1.54) is 0 Å². The fourth-order valence-corrected chi connectivity index (χ4v) is 2.63. The normalized spacial score (nSPS) is 19.9. The standard InChI is InChI=1S/C13H15N5/c1-9-5-12-16-8-11(6-14)13(18(12)17-9)10-3-2-4-15-7-10/h5,8,10,15H,2-4,7H2,1H3. The van der Waals surface area contributed by atoms with Crippen LogP contribution in [0, 0.1) is 18.3 Å². The van der Waals surface area contributed by atoms with Gasteiger partial charge in [0, 0.05) is 24.7 Å². The number of nitrogens with zero attached hydrogens (tertiary/aromatic N) is 4. The number of hydrogen-bond acceptors (Lipinski definition) is 4. The first-order valence-electron chi connectivity index (χ1n) is 6.25. The van der Waals surface area contributed by atoms with Crippen molar-refractivity contribution in [3.05, 3.63) is 29.2 Å². The zero-order chi connectivity index (χ0) is 12.5. The van der Waals surface area contributed by atoms with E-state index < -0.39 is 0 Å². The second kappa shape index (κ2) is 4.39. The molecule has 5 nitrogen and oxygen atoms in total. The summed E-state index contributed by atoms with van der Waals surface area (Å²) in [6, 6.07) is 4.19. The lowest BCUT2D eigenvalue weighted by atomic mass is 9.93. The van der Waals surface area contributed by atoms with Crippen LogP contribution in [0.5, 0.6) is 0 Å². The molecule has 2 aromatic heterocycles. The predicted octanol–water partition coefficient (Wildman–Crippen LogP) is 1.38. The summed E-state index contributed by atoms with van der Waals surface area (Å²) in [6.45, 7) is 3.92. The fraction of sp³-hybridized carbons (Fsp3) is 0.462. The third-order valence-electron chi connectivity index (χ3n) is 3.45. The maximum absolute atomic E-state index is 9.26. The monoisotopic (exact) mass is 241 g/mol. The molecule has 1 unspecified atom stereocenters. The van der Waals surface area contributed by atoms with Crippen LogP contribution in [0.1, 0.15) is 35.7 Å². The highest BCUT2D eigenvalue weighted by Crippen LogP contribution is 2.26. The molecule has 0 aromatic carbocycles. The Labute approximate surface area is 105 Å². The van der Waals surface area contributed by atoms with E-state index in [1.807, 2.05) is 17.5 Å². The summed E-state index contributed by atoms with van der Waals surface area (Å²) in [5.41, 5.74) is 3.40. The summed E-state index contributed by atoms with van der Waals surface area (Å²) in [7, 11) is 0. The van der Waals surface area contributed by atoms with Crippen LogP contribution in [0.25, 0.3) is 5.65 Å². The summed E-state index contributed by atoms with van der Waals surface area (Å²) in [6.07, 6.45) is 3.90. The number of nitrogens with one attached hydrogen (secondary N) is 1. The third kappa shape index (κ3) is 1.75. The quantitative estimate of drug-likeness (QED) is 0.819. The van der Waals surface area contributed by atoms with E-state index in [4.69, 9.17) is 0 Å². The van der Waals surface area contributed by atoms with E-state index in [0.717, 1.165) is 43.0 Å². The van der Waals surface area contributed by atoms with E-state index in [-0.39, 0.29) is 0 Å². The Morgan fingerprint density at radius 3 is 3.17 bits per heavy atom. The smallest absolute Gasteiger partial charge is 0.155 e. The third-order valence-corrected chi connectivity index (χ3v) is 3.45. The molecule has 0 saturated carbocycles. The molecule has 0 bridgehead atoms. The molecule has 0 radical (unpaired) electrons. The van der Waals surface area contributed by atoms with Gasteiger partial charge in [0.05, 0.1) is 17.0 Å². The Bertz CT molecular complexity index is 616. The molecular formula is C13H15N5. The molecule has 0 amide bonds. The topological polar surface area (TPSA) is 66.0 Å². The number of rotatable bonds is 1. The van der Waals surface area contributed by atoms with Crippen LogP contribution < -0.4 is 5.32 Å². The average molecular weight is 241 g/mol. The number of piperidine rings is 1. The van der Waals surface area contributed by atoms with Crippen molar-refractivity contribution >= 4 is 5.65 Å². The zero-order valence-electron chi connectivity index (χ0n) is 10.3. The summed E-state index contributed by atoms with van der Waals surface area (Å²) < 4.78 is 1.84. The Balaban J connectivity index is 2.19. The van der Waals surface area contributed by atoms with Crippen LogP contribution in [0.15, 0.2) is 12.3 Å². The predicted molar refractivity (Wildman–Crippen MR) is 67.3 cm³/mol. The number of fused-ring (bicyclic) bond motifs is 1. The molecule has 2 aromatic rings. The van der Waals surface area contributed by atoms with E-state index in [1.54, 1.807) is 6.20 Å². The Kier molecular flexibility index (Phi) is 2.73. The van der Waals surface area contributed by atoms with Crippen molar-refractivity contribution in [2.75, 3.05) is 13.1 Å². The van der Waals surface area contributed by atoms with Crippen molar-refractivity contribution in [3.8, 4) is 6.07 Å². The van der Waals surface area contributed by atoms with Gasteiger partial charge in [-0.3, -0.25) is 0 Å². The van der Waals surface area contributed by atoms with Gasteiger partial charge < -0.3 is 5.32 Å². The van der Waals surface area contributed by atoms with Gasteiger partial charge in [0.1, 0.15) is 6.07 Å². The highest BCUT2D eigenvalue weighted by molar-refractivity contribution is 5.46. The molecule has 0 spiro atoms. The van der Waals surface area contributed by atoms with Gasteiger partial charge in [-0.1, -0.05) is 0 Å². The number of aromatic nitrogens is 3. The molecule has 1 aliphatic heterocycles. The van der Waals surface area contributed by atoms with Crippen LogP contribution in [-0.2, 0) is 0 Å². The minimum Gasteiger partial charge on any atom is -0.316 e. The second-order valence-corrected chi connectivity index (χ2v) is 4.77. The number of aryl methyl sites for hydroxylation is 1. The first-order valence-corrected chi connectivity index (χ1v) is 6.25. The Morgan fingerprint density at radius 2 is 2.44 bits per heavy atom. The van der Waals surface area contributed by atoms with Crippen molar-refractivity contribution in [2.45, 2.75) is 25.7 Å². The summed E-state index contributed by atoms with van der Waals surface area (Å²) in [5.74, 6) is 0.346. The lowest BCUT2D eigenvalue weighted by molar-refractivity contribution is 0.447. The summed E-state index contributed by atoms with van der Waals surface area (Å²) in [5, 5.41) is 17.1. The maximum Gasteiger partial charge on any atom is 0.155 e. The molecule has 92 valence electrons. The Hall–Kier alpha value is -1.93. The number of hydrogen-bond donors (Lipinski definition) is 1. The second-order valence-electron chi connectivity index (χ2n) is 4.77. The largest absolute Gasteiger partial charge is 0.316 e. The minimum absolute atomic E-state index is 0.346. The molecule has 3 heterocycles. The molecule has 3 rings (SSSR count). The van der Waals surface area contributed by atoms with Crippen molar-refractivity contribution in [1.82, 2.24) is 19.9 Å². The van der Waals surface area contributed by atoms with Crippen molar-refractivity contribution < 1.29 is 0 Å². The molecule has 18 heavy (non-hydrogen) atoms.